The molecule has 0 aliphatic rings. The van der Waals surface area contributed by atoms with E-state index < -0.39 is 0 Å². The normalized spacial score (nSPS) is 10.5. The minimum atomic E-state index is 0.415. The summed E-state index contributed by atoms with van der Waals surface area (Å²) in [5, 5.41) is 11.7. The van der Waals surface area contributed by atoms with E-state index in [4.69, 9.17) is 4.52 Å². The summed E-state index contributed by atoms with van der Waals surface area (Å²) in [6.45, 7) is 5.64. The van der Waals surface area contributed by atoms with Gasteiger partial charge in [0.2, 0.25) is 0 Å². The van der Waals surface area contributed by atoms with Crippen molar-refractivity contribution in [1.82, 2.24) is 20.3 Å². The molecule has 0 saturated carbocycles. The highest BCUT2D eigenvalue weighted by Crippen LogP contribution is 2.15. The van der Waals surface area contributed by atoms with Crippen LogP contribution in [0.2, 0.25) is 0 Å². The molecule has 2 rings (SSSR count). The molecule has 0 spiro atoms. The van der Waals surface area contributed by atoms with Crippen LogP contribution >= 0.6 is 0 Å². The molecule has 0 N–H and O–H groups in total. The molecule has 0 fully saturated rings. The van der Waals surface area contributed by atoms with Gasteiger partial charge >= 0.3 is 0 Å². The van der Waals surface area contributed by atoms with Crippen molar-refractivity contribution in [3.63, 3.8) is 0 Å². The minimum Gasteiger partial charge on any atom is -0.332 e. The molecule has 5 heteroatoms. The van der Waals surface area contributed by atoms with Gasteiger partial charge in [0, 0.05) is 0 Å². The molecular formula is C9H10N4O. The lowest BCUT2D eigenvalue weighted by molar-refractivity contribution is 0.424. The number of hydrogen-bond acceptors (Lipinski definition) is 5. The highest BCUT2D eigenvalue weighted by atomic mass is 16.5. The predicted molar refractivity (Wildman–Crippen MR) is 49.5 cm³/mol. The molecule has 0 bridgehead atoms. The van der Waals surface area contributed by atoms with Crippen molar-refractivity contribution in [3.05, 3.63) is 23.1 Å². The zero-order chi connectivity index (χ0) is 10.1. The van der Waals surface area contributed by atoms with Crippen LogP contribution in [0.1, 0.15) is 17.1 Å². The van der Waals surface area contributed by atoms with Crippen LogP contribution in [0.4, 0.5) is 0 Å². The molecule has 0 atom stereocenters. The van der Waals surface area contributed by atoms with E-state index in [1.807, 2.05) is 19.9 Å². The summed E-state index contributed by atoms with van der Waals surface area (Å²) in [5.41, 5.74) is 2.59. The van der Waals surface area contributed by atoms with Gasteiger partial charge in [-0.3, -0.25) is 0 Å². The Labute approximate surface area is 81.2 Å². The van der Waals surface area contributed by atoms with Gasteiger partial charge in [0.05, 0.1) is 5.69 Å². The Balaban J connectivity index is 2.47. The summed E-state index contributed by atoms with van der Waals surface area (Å²) in [5.74, 6) is 1.01. The van der Waals surface area contributed by atoms with E-state index in [0.717, 1.165) is 11.3 Å². The highest BCUT2D eigenvalue weighted by molar-refractivity contribution is 5.47. The molecule has 5 nitrogen and oxygen atoms in total. The molecular weight excluding hydrogens is 180 g/mol. The van der Waals surface area contributed by atoms with E-state index in [1.165, 1.54) is 0 Å². The Kier molecular flexibility index (Phi) is 1.99. The van der Waals surface area contributed by atoms with Crippen LogP contribution in [0.25, 0.3) is 11.6 Å². The first-order valence-electron chi connectivity index (χ1n) is 4.28. The Morgan fingerprint density at radius 2 is 1.93 bits per heavy atom. The summed E-state index contributed by atoms with van der Waals surface area (Å²) in [4.78, 5) is 4.07. The zero-order valence-corrected chi connectivity index (χ0v) is 8.27. The highest BCUT2D eigenvalue weighted by Gasteiger charge is 2.09. The summed E-state index contributed by atoms with van der Waals surface area (Å²) < 4.78 is 4.98. The van der Waals surface area contributed by atoms with Crippen LogP contribution in [0, 0.1) is 20.8 Å². The SMILES string of the molecule is Cc1noc(-c2cc(C)c(C)nn2)n1. The van der Waals surface area contributed by atoms with Crippen LogP contribution in [0.3, 0.4) is 0 Å². The van der Waals surface area contributed by atoms with Gasteiger partial charge in [-0.25, -0.2) is 0 Å². The fourth-order valence-corrected chi connectivity index (χ4v) is 1.05. The first-order chi connectivity index (χ1) is 6.66. The second-order valence-corrected chi connectivity index (χ2v) is 3.14. The van der Waals surface area contributed by atoms with Gasteiger partial charge in [0.15, 0.2) is 11.5 Å². The van der Waals surface area contributed by atoms with Gasteiger partial charge in [-0.2, -0.15) is 10.1 Å². The molecule has 0 amide bonds. The quantitative estimate of drug-likeness (QED) is 0.681. The molecule has 72 valence electrons. The van der Waals surface area contributed by atoms with Crippen LogP contribution < -0.4 is 0 Å². The Bertz CT molecular complexity index is 464. The van der Waals surface area contributed by atoms with E-state index in [2.05, 4.69) is 20.3 Å². The van der Waals surface area contributed by atoms with Crippen LogP contribution in [0.15, 0.2) is 10.6 Å². The molecule has 2 aromatic rings. The molecule has 2 heterocycles. The number of nitrogens with zero attached hydrogens (tertiary/aromatic N) is 4. The molecule has 0 aromatic carbocycles. The standard InChI is InChI=1S/C9H10N4O/c1-5-4-8(12-11-6(5)2)9-10-7(3)13-14-9/h4H,1-3H3. The zero-order valence-electron chi connectivity index (χ0n) is 8.27. The predicted octanol–water partition coefficient (Wildman–Crippen LogP) is 1.45. The Morgan fingerprint density at radius 1 is 1.14 bits per heavy atom. The molecule has 0 saturated heterocycles. The van der Waals surface area contributed by atoms with Crippen LogP contribution in [-0.4, -0.2) is 20.3 Å². The number of aromatic nitrogens is 4. The van der Waals surface area contributed by atoms with E-state index in [0.29, 0.717) is 17.4 Å². The summed E-state index contributed by atoms with van der Waals surface area (Å²) >= 11 is 0. The largest absolute Gasteiger partial charge is 0.332 e. The van der Waals surface area contributed by atoms with E-state index in [1.54, 1.807) is 6.92 Å². The van der Waals surface area contributed by atoms with Crippen molar-refractivity contribution in [2.24, 2.45) is 0 Å². The average Bonchev–Trinajstić information content (AvgIpc) is 2.57. The van der Waals surface area contributed by atoms with Gasteiger partial charge in [-0.15, -0.1) is 5.10 Å². The number of aryl methyl sites for hydroxylation is 3. The van der Waals surface area contributed by atoms with Crippen molar-refractivity contribution in [1.29, 1.82) is 0 Å². The molecule has 0 aliphatic heterocycles. The minimum absolute atomic E-state index is 0.415. The maximum absolute atomic E-state index is 4.98. The van der Waals surface area contributed by atoms with Gasteiger partial charge in [0.25, 0.3) is 5.89 Å². The third kappa shape index (κ3) is 1.48. The van der Waals surface area contributed by atoms with Crippen molar-refractivity contribution in [2.45, 2.75) is 20.8 Å². The maximum Gasteiger partial charge on any atom is 0.278 e. The van der Waals surface area contributed by atoms with Crippen molar-refractivity contribution in [3.8, 4) is 11.6 Å². The average molecular weight is 190 g/mol. The smallest absolute Gasteiger partial charge is 0.278 e. The second kappa shape index (κ2) is 3.17. The first-order valence-corrected chi connectivity index (χ1v) is 4.28. The fourth-order valence-electron chi connectivity index (χ4n) is 1.05. The molecule has 0 unspecified atom stereocenters. The lowest BCUT2D eigenvalue weighted by atomic mass is 10.2. The monoisotopic (exact) mass is 190 g/mol. The number of hydrogen-bond donors (Lipinski definition) is 0. The summed E-state index contributed by atoms with van der Waals surface area (Å²) in [7, 11) is 0. The third-order valence-electron chi connectivity index (χ3n) is 1.98. The van der Waals surface area contributed by atoms with E-state index >= 15 is 0 Å². The van der Waals surface area contributed by atoms with E-state index in [-0.39, 0.29) is 0 Å². The van der Waals surface area contributed by atoms with Crippen molar-refractivity contribution in [2.75, 3.05) is 0 Å². The first kappa shape index (κ1) is 8.80. The topological polar surface area (TPSA) is 64.7 Å². The van der Waals surface area contributed by atoms with Gasteiger partial charge in [0.1, 0.15) is 0 Å². The summed E-state index contributed by atoms with van der Waals surface area (Å²) in [6, 6.07) is 1.88. The Hall–Kier alpha value is -1.78. The fraction of sp³-hybridized carbons (Fsp3) is 0.333. The summed E-state index contributed by atoms with van der Waals surface area (Å²) in [6.07, 6.45) is 0. The van der Waals surface area contributed by atoms with Crippen LogP contribution in [0.5, 0.6) is 0 Å². The molecule has 0 radical (unpaired) electrons. The van der Waals surface area contributed by atoms with Crippen molar-refractivity contribution < 1.29 is 4.52 Å². The van der Waals surface area contributed by atoms with Crippen molar-refractivity contribution >= 4 is 0 Å². The molecule has 2 aromatic heterocycles. The van der Waals surface area contributed by atoms with Gasteiger partial charge in [-0.05, 0) is 32.4 Å². The van der Waals surface area contributed by atoms with E-state index in [9.17, 15) is 0 Å². The third-order valence-corrected chi connectivity index (χ3v) is 1.98. The molecule has 0 aliphatic carbocycles. The maximum atomic E-state index is 4.98. The Morgan fingerprint density at radius 3 is 2.50 bits per heavy atom. The lowest BCUT2D eigenvalue weighted by Gasteiger charge is -1.97. The van der Waals surface area contributed by atoms with Gasteiger partial charge in [-0.1, -0.05) is 5.16 Å². The second-order valence-electron chi connectivity index (χ2n) is 3.14. The molecule has 14 heavy (non-hydrogen) atoms. The number of rotatable bonds is 1. The van der Waals surface area contributed by atoms with Crippen LogP contribution in [-0.2, 0) is 0 Å². The van der Waals surface area contributed by atoms with Gasteiger partial charge < -0.3 is 4.52 Å². The lowest BCUT2D eigenvalue weighted by Crippen LogP contribution is -1.93.